The molecule has 1 heterocycles. The summed E-state index contributed by atoms with van der Waals surface area (Å²) in [5, 5.41) is 22.1. The quantitative estimate of drug-likeness (QED) is 0.744. The second kappa shape index (κ2) is 6.36. The zero-order valence-electron chi connectivity index (χ0n) is 10.6. The topological polar surface area (TPSA) is 89.5 Å². The SMILES string of the molecule is CC(C)(O)C#Cc1ccc(C(=O)NCCC(=O)[O-])s1. The minimum Gasteiger partial charge on any atom is -0.550 e. The minimum absolute atomic E-state index is 0.0315. The maximum absolute atomic E-state index is 11.6. The average Bonchev–Trinajstić information content (AvgIpc) is 2.73. The van der Waals surface area contributed by atoms with E-state index in [1.807, 2.05) is 0 Å². The van der Waals surface area contributed by atoms with Crippen molar-refractivity contribution in [2.45, 2.75) is 25.9 Å². The highest BCUT2D eigenvalue weighted by Crippen LogP contribution is 2.15. The molecule has 19 heavy (non-hydrogen) atoms. The molecule has 0 aliphatic carbocycles. The number of carbonyl (C=O) groups excluding carboxylic acids is 2. The van der Waals surface area contributed by atoms with Crippen LogP contribution >= 0.6 is 11.3 Å². The molecule has 1 aromatic heterocycles. The summed E-state index contributed by atoms with van der Waals surface area (Å²) >= 11 is 1.18. The number of amides is 1. The van der Waals surface area contributed by atoms with Gasteiger partial charge in [-0.25, -0.2) is 0 Å². The van der Waals surface area contributed by atoms with E-state index in [0.29, 0.717) is 9.75 Å². The molecular formula is C13H14NO4S-. The first-order chi connectivity index (χ1) is 8.78. The fraction of sp³-hybridized carbons (Fsp3) is 0.385. The maximum Gasteiger partial charge on any atom is 0.261 e. The number of thiophene rings is 1. The van der Waals surface area contributed by atoms with Crippen molar-refractivity contribution in [3.8, 4) is 11.8 Å². The van der Waals surface area contributed by atoms with Gasteiger partial charge >= 0.3 is 0 Å². The lowest BCUT2D eigenvalue weighted by Gasteiger charge is -2.05. The zero-order valence-corrected chi connectivity index (χ0v) is 11.5. The molecule has 0 fully saturated rings. The molecule has 0 bridgehead atoms. The average molecular weight is 280 g/mol. The van der Waals surface area contributed by atoms with Gasteiger partial charge in [0, 0.05) is 18.9 Å². The first-order valence-corrected chi connectivity index (χ1v) is 6.43. The van der Waals surface area contributed by atoms with Gasteiger partial charge in [-0.2, -0.15) is 0 Å². The summed E-state index contributed by atoms with van der Waals surface area (Å²) in [7, 11) is 0. The molecule has 1 amide bonds. The molecule has 6 heteroatoms. The molecule has 1 aromatic rings. The molecule has 0 aromatic carbocycles. The fourth-order valence-corrected chi connectivity index (χ4v) is 1.88. The Morgan fingerprint density at radius 2 is 2.16 bits per heavy atom. The van der Waals surface area contributed by atoms with Crippen LogP contribution in [-0.2, 0) is 4.79 Å². The van der Waals surface area contributed by atoms with Gasteiger partial charge in [0.15, 0.2) is 0 Å². The summed E-state index contributed by atoms with van der Waals surface area (Å²) in [6.07, 6.45) is -0.220. The summed E-state index contributed by atoms with van der Waals surface area (Å²) in [6.45, 7) is 3.17. The second-order valence-corrected chi connectivity index (χ2v) is 5.43. The van der Waals surface area contributed by atoms with E-state index in [4.69, 9.17) is 0 Å². The first-order valence-electron chi connectivity index (χ1n) is 5.61. The Balaban J connectivity index is 2.61. The van der Waals surface area contributed by atoms with Gasteiger partial charge in [-0.1, -0.05) is 11.8 Å². The van der Waals surface area contributed by atoms with Crippen molar-refractivity contribution in [2.75, 3.05) is 6.54 Å². The Morgan fingerprint density at radius 1 is 1.47 bits per heavy atom. The van der Waals surface area contributed by atoms with E-state index in [1.54, 1.807) is 26.0 Å². The fourth-order valence-electron chi connectivity index (χ4n) is 1.11. The summed E-state index contributed by atoms with van der Waals surface area (Å²) < 4.78 is 0. The van der Waals surface area contributed by atoms with Crippen LogP contribution in [-0.4, -0.2) is 29.1 Å². The van der Waals surface area contributed by atoms with Crippen molar-refractivity contribution in [3.05, 3.63) is 21.9 Å². The largest absolute Gasteiger partial charge is 0.550 e. The van der Waals surface area contributed by atoms with Crippen LogP contribution in [0.15, 0.2) is 12.1 Å². The zero-order chi connectivity index (χ0) is 14.5. The number of nitrogens with one attached hydrogen (secondary N) is 1. The minimum atomic E-state index is -1.21. The van der Waals surface area contributed by atoms with Crippen LogP contribution in [0.3, 0.4) is 0 Å². The van der Waals surface area contributed by atoms with Gasteiger partial charge in [0.05, 0.1) is 9.75 Å². The van der Waals surface area contributed by atoms with Gasteiger partial charge < -0.3 is 20.3 Å². The highest BCUT2D eigenvalue weighted by Gasteiger charge is 2.09. The Labute approximate surface area is 115 Å². The second-order valence-electron chi connectivity index (χ2n) is 4.35. The smallest absolute Gasteiger partial charge is 0.261 e. The van der Waals surface area contributed by atoms with Crippen molar-refractivity contribution >= 4 is 23.2 Å². The normalized spacial score (nSPS) is 10.5. The van der Waals surface area contributed by atoms with Crippen LogP contribution < -0.4 is 10.4 Å². The molecule has 0 spiro atoms. The Morgan fingerprint density at radius 3 is 2.74 bits per heavy atom. The molecule has 0 saturated carbocycles. The highest BCUT2D eigenvalue weighted by molar-refractivity contribution is 7.14. The van der Waals surface area contributed by atoms with E-state index in [0.717, 1.165) is 0 Å². The molecule has 5 nitrogen and oxygen atoms in total. The number of carboxylic acids is 1. The number of carboxylic acid groups (broad SMARTS) is 1. The number of rotatable bonds is 4. The van der Waals surface area contributed by atoms with E-state index in [-0.39, 0.29) is 18.9 Å². The molecule has 102 valence electrons. The maximum atomic E-state index is 11.6. The van der Waals surface area contributed by atoms with Gasteiger partial charge in [0.2, 0.25) is 0 Å². The highest BCUT2D eigenvalue weighted by atomic mass is 32.1. The first kappa shape index (κ1) is 15.2. The van der Waals surface area contributed by atoms with Crippen molar-refractivity contribution in [3.63, 3.8) is 0 Å². The number of carbonyl (C=O) groups is 2. The van der Waals surface area contributed by atoms with Crippen molar-refractivity contribution in [2.24, 2.45) is 0 Å². The van der Waals surface area contributed by atoms with Gasteiger partial charge in [-0.15, -0.1) is 11.3 Å². The Hall–Kier alpha value is -1.84. The Kier molecular flexibility index (Phi) is 5.10. The summed E-state index contributed by atoms with van der Waals surface area (Å²) in [5.41, 5.74) is -1.08. The molecule has 1 rings (SSSR count). The number of aliphatic carboxylic acids is 1. The van der Waals surface area contributed by atoms with Crippen LogP contribution in [0.2, 0.25) is 0 Å². The summed E-state index contributed by atoms with van der Waals surface area (Å²) in [6, 6.07) is 3.28. The van der Waals surface area contributed by atoms with Crippen molar-refractivity contribution in [1.29, 1.82) is 0 Å². The van der Waals surface area contributed by atoms with Crippen LogP contribution in [0.4, 0.5) is 0 Å². The third kappa shape index (κ3) is 6.04. The lowest BCUT2D eigenvalue weighted by molar-refractivity contribution is -0.305. The molecule has 0 unspecified atom stereocenters. The molecule has 2 N–H and O–H groups in total. The predicted molar refractivity (Wildman–Crippen MR) is 69.5 cm³/mol. The van der Waals surface area contributed by atoms with Gasteiger partial charge in [0.1, 0.15) is 5.60 Å². The predicted octanol–water partition coefficient (Wildman–Crippen LogP) is -0.260. The van der Waals surface area contributed by atoms with Crippen LogP contribution in [0.1, 0.15) is 34.8 Å². The number of aliphatic hydroxyl groups is 1. The van der Waals surface area contributed by atoms with E-state index >= 15 is 0 Å². The van der Waals surface area contributed by atoms with Gasteiger partial charge in [-0.3, -0.25) is 4.79 Å². The molecule has 0 aliphatic rings. The van der Waals surface area contributed by atoms with Gasteiger partial charge in [-0.05, 0) is 26.0 Å². The lowest BCUT2D eigenvalue weighted by Crippen LogP contribution is -2.30. The van der Waals surface area contributed by atoms with E-state index in [9.17, 15) is 19.8 Å². The van der Waals surface area contributed by atoms with Crippen LogP contribution in [0.25, 0.3) is 0 Å². The van der Waals surface area contributed by atoms with Crippen LogP contribution in [0.5, 0.6) is 0 Å². The molecule has 0 saturated heterocycles. The third-order valence-corrected chi connectivity index (χ3v) is 2.94. The summed E-state index contributed by atoms with van der Waals surface area (Å²) in [5.74, 6) is 3.87. The molecule has 0 aliphatic heterocycles. The van der Waals surface area contributed by atoms with E-state index < -0.39 is 11.6 Å². The van der Waals surface area contributed by atoms with Crippen molar-refractivity contribution < 1.29 is 19.8 Å². The number of hydrogen-bond acceptors (Lipinski definition) is 5. The third-order valence-electron chi connectivity index (χ3n) is 1.94. The van der Waals surface area contributed by atoms with Gasteiger partial charge in [0.25, 0.3) is 5.91 Å². The standard InChI is InChI=1S/C13H15NO4S/c1-13(2,18)7-5-9-3-4-10(19-9)12(17)14-8-6-11(15)16/h3-4,18H,6,8H2,1-2H3,(H,14,17)(H,15,16)/p-1. The molecule has 0 atom stereocenters. The summed E-state index contributed by atoms with van der Waals surface area (Å²) in [4.78, 5) is 22.9. The van der Waals surface area contributed by atoms with Crippen molar-refractivity contribution in [1.82, 2.24) is 5.32 Å². The molecular weight excluding hydrogens is 266 g/mol. The molecule has 0 radical (unpaired) electrons. The monoisotopic (exact) mass is 280 g/mol. The van der Waals surface area contributed by atoms with E-state index in [1.165, 1.54) is 11.3 Å². The Bertz CT molecular complexity index is 531. The number of hydrogen-bond donors (Lipinski definition) is 2. The van der Waals surface area contributed by atoms with E-state index in [2.05, 4.69) is 17.2 Å². The van der Waals surface area contributed by atoms with Crippen LogP contribution in [0, 0.1) is 11.8 Å². The lowest BCUT2D eigenvalue weighted by atomic mass is 10.1.